The highest BCUT2D eigenvalue weighted by molar-refractivity contribution is 6.34. The van der Waals surface area contributed by atoms with Gasteiger partial charge in [0.15, 0.2) is 0 Å². The van der Waals surface area contributed by atoms with E-state index in [-0.39, 0.29) is 5.91 Å². The third-order valence-electron chi connectivity index (χ3n) is 5.93. The summed E-state index contributed by atoms with van der Waals surface area (Å²) in [5.74, 6) is 1.11. The lowest BCUT2D eigenvalue weighted by Crippen LogP contribution is -2.28. The number of fused-ring (bicyclic) bond motifs is 1. The van der Waals surface area contributed by atoms with Gasteiger partial charge in [-0.1, -0.05) is 54.1 Å². The fraction of sp³-hybridized carbons (Fsp3) is 0.143. The standard InChI is InChI=1S/C28H22ClN5O2/c29-24-13-23-25(14-22(24)28(35)34-10-4-5-11-34)32-18-33-27(23)31-16-21-12-20(15-30)8-9-26(21)36-17-19-6-2-1-3-7-19/h1-9,12-14,18H,10-11,16-17H2,(H,31,32,33). The third-order valence-corrected chi connectivity index (χ3v) is 6.25. The van der Waals surface area contributed by atoms with Gasteiger partial charge in [-0.2, -0.15) is 5.26 Å². The van der Waals surface area contributed by atoms with Gasteiger partial charge in [0.05, 0.1) is 27.7 Å². The Morgan fingerprint density at radius 1 is 1.08 bits per heavy atom. The molecule has 5 rings (SSSR count). The van der Waals surface area contributed by atoms with Crippen LogP contribution in [-0.4, -0.2) is 33.9 Å². The van der Waals surface area contributed by atoms with Crippen molar-refractivity contribution >= 4 is 34.2 Å². The van der Waals surface area contributed by atoms with Crippen LogP contribution in [0, 0.1) is 11.3 Å². The zero-order valence-electron chi connectivity index (χ0n) is 19.3. The van der Waals surface area contributed by atoms with Gasteiger partial charge in [0.25, 0.3) is 5.91 Å². The number of carbonyl (C=O) groups excluding carboxylic acids is 1. The van der Waals surface area contributed by atoms with Crippen LogP contribution >= 0.6 is 11.6 Å². The molecule has 0 bridgehead atoms. The second-order valence-electron chi connectivity index (χ2n) is 8.32. The second-order valence-corrected chi connectivity index (χ2v) is 8.72. The van der Waals surface area contributed by atoms with Crippen molar-refractivity contribution in [2.45, 2.75) is 13.2 Å². The molecule has 1 amide bonds. The molecule has 0 saturated carbocycles. The number of aromatic nitrogens is 2. The van der Waals surface area contributed by atoms with Crippen LogP contribution in [0.1, 0.15) is 27.0 Å². The Hall–Kier alpha value is -4.41. The number of rotatable bonds is 7. The lowest BCUT2D eigenvalue weighted by Gasteiger charge is -2.17. The van der Waals surface area contributed by atoms with E-state index in [9.17, 15) is 10.1 Å². The van der Waals surface area contributed by atoms with Gasteiger partial charge >= 0.3 is 0 Å². The van der Waals surface area contributed by atoms with Gasteiger partial charge in [-0.25, -0.2) is 9.97 Å². The number of carbonyl (C=O) groups is 1. The van der Waals surface area contributed by atoms with E-state index in [2.05, 4.69) is 21.4 Å². The minimum absolute atomic E-state index is 0.131. The van der Waals surface area contributed by atoms with E-state index in [4.69, 9.17) is 16.3 Å². The Bertz CT molecular complexity index is 1490. The number of hydrogen-bond acceptors (Lipinski definition) is 6. The lowest BCUT2D eigenvalue weighted by atomic mass is 10.1. The smallest absolute Gasteiger partial charge is 0.256 e. The molecule has 0 saturated heterocycles. The van der Waals surface area contributed by atoms with Crippen molar-refractivity contribution in [2.24, 2.45) is 0 Å². The summed E-state index contributed by atoms with van der Waals surface area (Å²) in [5.41, 5.74) is 3.42. The zero-order valence-corrected chi connectivity index (χ0v) is 20.1. The van der Waals surface area contributed by atoms with E-state index in [1.165, 1.54) is 6.33 Å². The molecule has 0 atom stereocenters. The summed E-state index contributed by atoms with van der Waals surface area (Å²) in [7, 11) is 0. The lowest BCUT2D eigenvalue weighted by molar-refractivity contribution is 0.0800. The van der Waals surface area contributed by atoms with Crippen LogP contribution in [0.2, 0.25) is 5.02 Å². The van der Waals surface area contributed by atoms with Crippen LogP contribution < -0.4 is 10.1 Å². The number of nitriles is 1. The Kier molecular flexibility index (Phi) is 6.78. The molecule has 0 spiro atoms. The average Bonchev–Trinajstić information content (AvgIpc) is 3.46. The molecule has 0 aliphatic carbocycles. The number of benzene rings is 3. The molecule has 1 aliphatic heterocycles. The molecule has 8 heteroatoms. The van der Waals surface area contributed by atoms with Gasteiger partial charge in [-0.05, 0) is 35.9 Å². The molecule has 1 aliphatic rings. The highest BCUT2D eigenvalue weighted by atomic mass is 35.5. The van der Waals surface area contributed by atoms with Crippen LogP contribution in [0.5, 0.6) is 5.75 Å². The van der Waals surface area contributed by atoms with Crippen LogP contribution in [0.15, 0.2) is 79.1 Å². The number of halogens is 1. The van der Waals surface area contributed by atoms with E-state index in [1.807, 2.05) is 42.5 Å². The molecule has 3 aromatic carbocycles. The molecule has 2 heterocycles. The molecule has 0 fully saturated rings. The molecule has 4 aromatic rings. The number of ether oxygens (including phenoxy) is 1. The number of hydrogen-bond donors (Lipinski definition) is 1. The Morgan fingerprint density at radius 3 is 2.67 bits per heavy atom. The first-order valence-electron chi connectivity index (χ1n) is 11.4. The zero-order chi connectivity index (χ0) is 24.9. The second kappa shape index (κ2) is 10.5. The number of nitrogens with one attached hydrogen (secondary N) is 1. The van der Waals surface area contributed by atoms with Gasteiger partial charge in [0.2, 0.25) is 0 Å². The predicted octanol–water partition coefficient (Wildman–Crippen LogP) is 5.36. The van der Waals surface area contributed by atoms with E-state index < -0.39 is 0 Å². The highest BCUT2D eigenvalue weighted by Crippen LogP contribution is 2.29. The summed E-state index contributed by atoms with van der Waals surface area (Å²) in [6.07, 6.45) is 5.36. The predicted molar refractivity (Wildman–Crippen MR) is 139 cm³/mol. The maximum Gasteiger partial charge on any atom is 0.256 e. The van der Waals surface area contributed by atoms with Crippen LogP contribution in [-0.2, 0) is 13.2 Å². The topological polar surface area (TPSA) is 91.1 Å². The van der Waals surface area contributed by atoms with Crippen molar-refractivity contribution < 1.29 is 9.53 Å². The van der Waals surface area contributed by atoms with Crippen LogP contribution in [0.4, 0.5) is 5.82 Å². The van der Waals surface area contributed by atoms with Crippen molar-refractivity contribution in [3.05, 3.63) is 106 Å². The normalized spacial score (nSPS) is 12.5. The molecular weight excluding hydrogens is 474 g/mol. The fourth-order valence-corrected chi connectivity index (χ4v) is 4.28. The van der Waals surface area contributed by atoms with E-state index in [0.717, 1.165) is 11.1 Å². The van der Waals surface area contributed by atoms with Crippen molar-refractivity contribution in [3.63, 3.8) is 0 Å². The van der Waals surface area contributed by atoms with Crippen molar-refractivity contribution in [2.75, 3.05) is 18.4 Å². The first-order valence-corrected chi connectivity index (χ1v) is 11.8. The van der Waals surface area contributed by atoms with E-state index in [1.54, 1.807) is 35.2 Å². The SMILES string of the molecule is N#Cc1ccc(OCc2ccccc2)c(CNc2ncnc3cc(C(=O)N4CC=CC4)c(Cl)cc23)c1. The average molecular weight is 496 g/mol. The van der Waals surface area contributed by atoms with Crippen molar-refractivity contribution in [3.8, 4) is 11.8 Å². The summed E-state index contributed by atoms with van der Waals surface area (Å²) in [6.45, 7) is 1.92. The molecule has 36 heavy (non-hydrogen) atoms. The maximum absolute atomic E-state index is 12.9. The number of anilines is 1. The number of amides is 1. The summed E-state index contributed by atoms with van der Waals surface area (Å²) in [4.78, 5) is 23.3. The minimum Gasteiger partial charge on any atom is -0.489 e. The van der Waals surface area contributed by atoms with Gasteiger partial charge in [0.1, 0.15) is 24.5 Å². The molecule has 0 radical (unpaired) electrons. The minimum atomic E-state index is -0.131. The third kappa shape index (κ3) is 4.99. The Balaban J connectivity index is 1.39. The summed E-state index contributed by atoms with van der Waals surface area (Å²) in [5, 5.41) is 13.7. The summed E-state index contributed by atoms with van der Waals surface area (Å²) >= 11 is 6.52. The molecule has 7 nitrogen and oxygen atoms in total. The largest absolute Gasteiger partial charge is 0.489 e. The highest BCUT2D eigenvalue weighted by Gasteiger charge is 2.21. The van der Waals surface area contributed by atoms with Gasteiger partial charge < -0.3 is 15.0 Å². The van der Waals surface area contributed by atoms with Gasteiger partial charge in [-0.15, -0.1) is 0 Å². The van der Waals surface area contributed by atoms with Crippen molar-refractivity contribution in [1.82, 2.24) is 14.9 Å². The maximum atomic E-state index is 12.9. The Labute approximate surface area is 213 Å². The molecular formula is C28H22ClN5O2. The van der Waals surface area contributed by atoms with Gasteiger partial charge in [0, 0.05) is 30.6 Å². The van der Waals surface area contributed by atoms with Crippen LogP contribution in [0.25, 0.3) is 10.9 Å². The van der Waals surface area contributed by atoms with Crippen LogP contribution in [0.3, 0.4) is 0 Å². The van der Waals surface area contributed by atoms with Gasteiger partial charge in [-0.3, -0.25) is 4.79 Å². The molecule has 178 valence electrons. The Morgan fingerprint density at radius 2 is 1.89 bits per heavy atom. The first kappa shape index (κ1) is 23.3. The molecule has 1 aromatic heterocycles. The monoisotopic (exact) mass is 495 g/mol. The fourth-order valence-electron chi connectivity index (χ4n) is 4.04. The summed E-state index contributed by atoms with van der Waals surface area (Å²) < 4.78 is 6.06. The molecule has 0 unspecified atom stereocenters. The van der Waals surface area contributed by atoms with E-state index >= 15 is 0 Å². The van der Waals surface area contributed by atoms with Crippen molar-refractivity contribution in [1.29, 1.82) is 5.26 Å². The number of nitrogens with zero attached hydrogens (tertiary/aromatic N) is 4. The quantitative estimate of drug-likeness (QED) is 0.347. The molecule has 1 N–H and O–H groups in total. The summed E-state index contributed by atoms with van der Waals surface area (Å²) in [6, 6.07) is 20.8. The van der Waals surface area contributed by atoms with E-state index in [0.29, 0.717) is 64.9 Å². The first-order chi connectivity index (χ1) is 17.6.